The minimum absolute atomic E-state index is 0.0491. The number of hydrogen-bond donors (Lipinski definition) is 1. The van der Waals surface area contributed by atoms with E-state index in [0.29, 0.717) is 17.5 Å². The Bertz CT molecular complexity index is 1410. The number of para-hydroxylation sites is 1. The predicted octanol–water partition coefficient (Wildman–Crippen LogP) is 4.61. The average molecular weight is 488 g/mol. The number of nitrogens with zero attached hydrogens (tertiary/aromatic N) is 4. The molecular formula is C26H25N5O3S. The van der Waals surface area contributed by atoms with Crippen molar-refractivity contribution in [1.82, 2.24) is 14.8 Å². The van der Waals surface area contributed by atoms with Crippen molar-refractivity contribution in [3.8, 4) is 22.1 Å². The van der Waals surface area contributed by atoms with Gasteiger partial charge in [-0.05, 0) is 37.6 Å². The number of thiazole rings is 1. The van der Waals surface area contributed by atoms with Gasteiger partial charge in [-0.2, -0.15) is 9.78 Å². The molecule has 8 nitrogen and oxygen atoms in total. The van der Waals surface area contributed by atoms with Crippen molar-refractivity contribution in [2.75, 3.05) is 23.9 Å². The zero-order valence-electron chi connectivity index (χ0n) is 19.7. The van der Waals surface area contributed by atoms with E-state index in [0.717, 1.165) is 34.0 Å². The van der Waals surface area contributed by atoms with Crippen molar-refractivity contribution in [2.45, 2.75) is 20.3 Å². The highest BCUT2D eigenvalue weighted by Crippen LogP contribution is 2.30. The Kier molecular flexibility index (Phi) is 6.08. The van der Waals surface area contributed by atoms with E-state index in [9.17, 15) is 9.59 Å². The van der Waals surface area contributed by atoms with E-state index in [1.807, 2.05) is 67.8 Å². The number of amides is 2. The molecule has 0 bridgehead atoms. The molecule has 9 heteroatoms. The molecule has 1 saturated heterocycles. The maximum Gasteiger partial charge on any atom is 0.230 e. The lowest BCUT2D eigenvalue weighted by Gasteiger charge is -2.19. The molecule has 1 aliphatic rings. The zero-order valence-corrected chi connectivity index (χ0v) is 20.5. The number of carbonyl (C=O) groups excluding carboxylic acids is 2. The summed E-state index contributed by atoms with van der Waals surface area (Å²) in [6, 6.07) is 17.2. The third-order valence-electron chi connectivity index (χ3n) is 6.02. The molecule has 1 fully saturated rings. The van der Waals surface area contributed by atoms with Gasteiger partial charge in [0.25, 0.3) is 0 Å². The molecule has 1 N–H and O–H groups in total. The minimum atomic E-state index is -0.450. The normalized spacial score (nSPS) is 15.5. The second-order valence-electron chi connectivity index (χ2n) is 8.51. The Morgan fingerprint density at radius 2 is 1.97 bits per heavy atom. The number of methoxy groups -OCH3 is 1. The Morgan fingerprint density at radius 1 is 1.14 bits per heavy atom. The first-order valence-corrected chi connectivity index (χ1v) is 12.1. The van der Waals surface area contributed by atoms with Gasteiger partial charge >= 0.3 is 0 Å². The molecule has 0 spiro atoms. The van der Waals surface area contributed by atoms with E-state index in [-0.39, 0.29) is 18.2 Å². The first-order valence-electron chi connectivity index (χ1n) is 11.3. The number of rotatable bonds is 6. The third-order valence-corrected chi connectivity index (χ3v) is 6.84. The van der Waals surface area contributed by atoms with Gasteiger partial charge in [-0.1, -0.05) is 30.3 Å². The fraction of sp³-hybridized carbons (Fsp3) is 0.231. The molecule has 0 aliphatic carbocycles. The maximum atomic E-state index is 13.2. The van der Waals surface area contributed by atoms with Crippen molar-refractivity contribution in [3.63, 3.8) is 0 Å². The van der Waals surface area contributed by atoms with Gasteiger partial charge < -0.3 is 15.0 Å². The molecule has 5 rings (SSSR count). The first-order chi connectivity index (χ1) is 16.9. The molecule has 1 unspecified atom stereocenters. The van der Waals surface area contributed by atoms with E-state index in [1.165, 1.54) is 11.3 Å². The predicted molar refractivity (Wildman–Crippen MR) is 136 cm³/mol. The smallest absolute Gasteiger partial charge is 0.230 e. The summed E-state index contributed by atoms with van der Waals surface area (Å²) in [5.41, 5.74) is 4.34. The van der Waals surface area contributed by atoms with Crippen LogP contribution in [0.3, 0.4) is 0 Å². The largest absolute Gasteiger partial charge is 0.497 e. The van der Waals surface area contributed by atoms with Gasteiger partial charge in [0.2, 0.25) is 16.9 Å². The lowest BCUT2D eigenvalue weighted by molar-refractivity contribution is -0.122. The minimum Gasteiger partial charge on any atom is -0.497 e. The highest BCUT2D eigenvalue weighted by molar-refractivity contribution is 7.12. The Morgan fingerprint density at radius 3 is 2.77 bits per heavy atom. The van der Waals surface area contributed by atoms with Crippen LogP contribution in [0.25, 0.3) is 16.4 Å². The van der Waals surface area contributed by atoms with Crippen LogP contribution in [-0.4, -0.2) is 40.2 Å². The van der Waals surface area contributed by atoms with Gasteiger partial charge in [0.05, 0.1) is 24.4 Å². The highest BCUT2D eigenvalue weighted by Gasteiger charge is 2.36. The zero-order chi connectivity index (χ0) is 24.5. The standard InChI is InChI=1S/C26H25N5O3S/c1-16-7-4-5-10-22(16)30-14-19(13-24(30)32)25(33)28-23-11-17(2)29-31(23)26-27-21(15-35-26)18-8-6-9-20(12-18)34-3/h4-12,15,19H,13-14H2,1-3H3,(H,28,33). The van der Waals surface area contributed by atoms with Crippen LogP contribution in [0.1, 0.15) is 17.7 Å². The molecule has 2 aromatic carbocycles. The summed E-state index contributed by atoms with van der Waals surface area (Å²) in [5.74, 6) is 0.577. The topological polar surface area (TPSA) is 89.3 Å². The van der Waals surface area contributed by atoms with E-state index >= 15 is 0 Å². The number of aryl methyl sites for hydroxylation is 2. The monoisotopic (exact) mass is 487 g/mol. The number of nitrogens with one attached hydrogen (secondary N) is 1. The molecule has 0 saturated carbocycles. The number of anilines is 2. The SMILES string of the molecule is COc1cccc(-c2csc(-n3nc(C)cc3NC(=O)C3CC(=O)N(c4ccccc4C)C3)n2)c1. The molecule has 2 aromatic heterocycles. The highest BCUT2D eigenvalue weighted by atomic mass is 32.1. The summed E-state index contributed by atoms with van der Waals surface area (Å²) in [5, 5.41) is 10.1. The van der Waals surface area contributed by atoms with Crippen LogP contribution in [0.5, 0.6) is 5.75 Å². The second-order valence-corrected chi connectivity index (χ2v) is 9.35. The summed E-state index contributed by atoms with van der Waals surface area (Å²) in [4.78, 5) is 32.3. The van der Waals surface area contributed by atoms with Gasteiger partial charge in [0.15, 0.2) is 0 Å². The summed E-state index contributed by atoms with van der Waals surface area (Å²) >= 11 is 1.43. The Hall–Kier alpha value is -3.98. The summed E-state index contributed by atoms with van der Waals surface area (Å²) < 4.78 is 6.95. The second kappa shape index (κ2) is 9.34. The maximum absolute atomic E-state index is 13.2. The quantitative estimate of drug-likeness (QED) is 0.429. The summed E-state index contributed by atoms with van der Waals surface area (Å²) in [6.45, 7) is 4.17. The van der Waals surface area contributed by atoms with E-state index in [4.69, 9.17) is 9.72 Å². The number of aromatic nitrogens is 3. The Labute approximate surface area is 207 Å². The van der Waals surface area contributed by atoms with Crippen LogP contribution in [0, 0.1) is 19.8 Å². The van der Waals surface area contributed by atoms with Crippen LogP contribution < -0.4 is 15.0 Å². The molecule has 0 radical (unpaired) electrons. The fourth-order valence-electron chi connectivity index (χ4n) is 4.22. The number of carbonyl (C=O) groups is 2. The molecule has 1 atom stereocenters. The van der Waals surface area contributed by atoms with Gasteiger partial charge in [-0.25, -0.2) is 4.98 Å². The van der Waals surface area contributed by atoms with Gasteiger partial charge in [-0.3, -0.25) is 9.59 Å². The number of benzene rings is 2. The van der Waals surface area contributed by atoms with Crippen molar-refractivity contribution >= 4 is 34.7 Å². The van der Waals surface area contributed by atoms with Crippen LogP contribution in [0.2, 0.25) is 0 Å². The Balaban J connectivity index is 1.35. The average Bonchev–Trinajstić information content (AvgIpc) is 3.58. The van der Waals surface area contributed by atoms with Crippen LogP contribution >= 0.6 is 11.3 Å². The number of ether oxygens (including phenoxy) is 1. The van der Waals surface area contributed by atoms with Crippen molar-refractivity contribution < 1.29 is 14.3 Å². The first kappa shape index (κ1) is 22.8. The van der Waals surface area contributed by atoms with Crippen LogP contribution in [-0.2, 0) is 9.59 Å². The van der Waals surface area contributed by atoms with E-state index in [2.05, 4.69) is 10.4 Å². The van der Waals surface area contributed by atoms with Crippen molar-refractivity contribution in [3.05, 3.63) is 71.2 Å². The molecular weight excluding hydrogens is 462 g/mol. The number of hydrogen-bond acceptors (Lipinski definition) is 6. The molecule has 35 heavy (non-hydrogen) atoms. The van der Waals surface area contributed by atoms with Gasteiger partial charge in [-0.15, -0.1) is 11.3 Å². The van der Waals surface area contributed by atoms with Crippen LogP contribution in [0.15, 0.2) is 60.0 Å². The fourth-order valence-corrected chi connectivity index (χ4v) is 5.02. The van der Waals surface area contributed by atoms with Gasteiger partial charge in [0, 0.05) is 35.7 Å². The lowest BCUT2D eigenvalue weighted by Crippen LogP contribution is -2.29. The summed E-state index contributed by atoms with van der Waals surface area (Å²) in [7, 11) is 1.63. The molecule has 1 aliphatic heterocycles. The third kappa shape index (κ3) is 4.54. The van der Waals surface area contributed by atoms with E-state index < -0.39 is 5.92 Å². The van der Waals surface area contributed by atoms with Crippen LogP contribution in [0.4, 0.5) is 11.5 Å². The molecule has 2 amide bonds. The van der Waals surface area contributed by atoms with Crippen molar-refractivity contribution in [1.29, 1.82) is 0 Å². The van der Waals surface area contributed by atoms with Crippen molar-refractivity contribution in [2.24, 2.45) is 5.92 Å². The lowest BCUT2D eigenvalue weighted by atomic mass is 10.1. The van der Waals surface area contributed by atoms with E-state index in [1.54, 1.807) is 22.8 Å². The van der Waals surface area contributed by atoms with Gasteiger partial charge in [0.1, 0.15) is 11.6 Å². The summed E-state index contributed by atoms with van der Waals surface area (Å²) in [6.07, 6.45) is 0.171. The molecule has 3 heterocycles. The molecule has 4 aromatic rings. The molecule has 178 valence electrons.